The first kappa shape index (κ1) is 41.5. The monoisotopic (exact) mass is 875 g/mol. The standard InChI is InChI=1S/C66H53NO/c1-40-29-41(2)32-48(31-40)50-35-51(49-33-42(3)30-43(4)34-49)37-55(36-50)67(53-14-9-8-10-15-53)54-27-28-57-61(39-54)68-65-59-18-12-16-56-60(38-47-13-11-17-58(64(57)65)62(47)63(56)59)46-21-19-44(20-22-46)45-23-25-52(26-24-45)66(5,6)7/h8-39H,1-7H3. The predicted octanol–water partition coefficient (Wildman–Crippen LogP) is 19.2. The summed E-state index contributed by atoms with van der Waals surface area (Å²) in [5, 5.41) is 9.61. The van der Waals surface area contributed by atoms with Crippen molar-refractivity contribution in [3.63, 3.8) is 0 Å². The number of fused-ring (bicyclic) bond motifs is 5. The molecule has 0 amide bonds. The second-order valence-electron chi connectivity index (χ2n) is 20.1. The van der Waals surface area contributed by atoms with E-state index in [0.717, 1.165) is 44.4 Å². The van der Waals surface area contributed by atoms with E-state index in [4.69, 9.17) is 4.42 Å². The number of nitrogens with zero attached hydrogens (tertiary/aromatic N) is 1. The first-order valence-corrected chi connectivity index (χ1v) is 23.9. The smallest absolute Gasteiger partial charge is 0.143 e. The van der Waals surface area contributed by atoms with Crippen LogP contribution in [-0.2, 0) is 5.41 Å². The van der Waals surface area contributed by atoms with Crippen molar-refractivity contribution in [2.24, 2.45) is 0 Å². The molecule has 0 saturated heterocycles. The lowest BCUT2D eigenvalue weighted by Gasteiger charge is -2.27. The van der Waals surface area contributed by atoms with Gasteiger partial charge in [0.15, 0.2) is 0 Å². The minimum Gasteiger partial charge on any atom is -0.455 e. The maximum Gasteiger partial charge on any atom is 0.143 e. The topological polar surface area (TPSA) is 16.4 Å². The van der Waals surface area contributed by atoms with Crippen molar-refractivity contribution in [2.45, 2.75) is 53.9 Å². The van der Waals surface area contributed by atoms with E-state index in [9.17, 15) is 0 Å². The SMILES string of the molecule is Cc1cc(C)cc(-c2cc(-c3cc(C)cc(C)c3)cc(N(c3ccccc3)c3ccc4c(c3)oc3c5cccc6c(-c7ccc(-c8ccc(C(C)(C)C)cc8)cc7)cc7cccc(c43)c7c65)c2)c1. The number of hydrogen-bond donors (Lipinski definition) is 0. The number of furan rings is 1. The second-order valence-corrected chi connectivity index (χ2v) is 20.1. The molecule has 1 aromatic heterocycles. The zero-order valence-electron chi connectivity index (χ0n) is 39.8. The maximum absolute atomic E-state index is 7.18. The van der Waals surface area contributed by atoms with E-state index < -0.39 is 0 Å². The molecule has 0 aliphatic rings. The van der Waals surface area contributed by atoms with Gasteiger partial charge >= 0.3 is 0 Å². The lowest BCUT2D eigenvalue weighted by Crippen LogP contribution is -2.10. The molecule has 12 rings (SSSR count). The van der Waals surface area contributed by atoms with Crippen molar-refractivity contribution < 1.29 is 4.42 Å². The van der Waals surface area contributed by atoms with Gasteiger partial charge in [-0.05, 0) is 153 Å². The number of anilines is 3. The van der Waals surface area contributed by atoms with Gasteiger partial charge in [0, 0.05) is 44.7 Å². The summed E-state index contributed by atoms with van der Waals surface area (Å²) in [7, 11) is 0. The van der Waals surface area contributed by atoms with E-state index in [2.05, 4.69) is 247 Å². The van der Waals surface area contributed by atoms with E-state index in [0.29, 0.717) is 0 Å². The Morgan fingerprint density at radius 2 is 0.912 bits per heavy atom. The van der Waals surface area contributed by atoms with Gasteiger partial charge in [-0.15, -0.1) is 0 Å². The van der Waals surface area contributed by atoms with Gasteiger partial charge < -0.3 is 9.32 Å². The van der Waals surface area contributed by atoms with Crippen molar-refractivity contribution in [1.29, 1.82) is 0 Å². The Labute approximate surface area is 399 Å². The Hall–Kier alpha value is -7.94. The molecule has 0 saturated carbocycles. The van der Waals surface area contributed by atoms with Crippen LogP contribution in [0.5, 0.6) is 0 Å². The summed E-state index contributed by atoms with van der Waals surface area (Å²) < 4.78 is 7.18. The highest BCUT2D eigenvalue weighted by molar-refractivity contribution is 6.38. The number of rotatable bonds is 7. The molecule has 1 heterocycles. The normalized spacial score (nSPS) is 12.0. The molecule has 0 radical (unpaired) electrons. The van der Waals surface area contributed by atoms with Crippen LogP contribution in [0.1, 0.15) is 48.6 Å². The molecule has 2 nitrogen and oxygen atoms in total. The highest BCUT2D eigenvalue weighted by Crippen LogP contribution is 2.49. The third-order valence-electron chi connectivity index (χ3n) is 14.0. The van der Waals surface area contributed by atoms with Gasteiger partial charge in [0.25, 0.3) is 0 Å². The van der Waals surface area contributed by atoms with Crippen LogP contribution in [0.15, 0.2) is 199 Å². The average molecular weight is 876 g/mol. The van der Waals surface area contributed by atoms with Gasteiger partial charge in [0.1, 0.15) is 11.2 Å². The third kappa shape index (κ3) is 7.11. The number of aryl methyl sites for hydroxylation is 4. The van der Waals surface area contributed by atoms with Crippen molar-refractivity contribution >= 4 is 71.3 Å². The van der Waals surface area contributed by atoms with Gasteiger partial charge in [-0.1, -0.05) is 183 Å². The molecule has 0 bridgehead atoms. The summed E-state index contributed by atoms with van der Waals surface area (Å²) in [6.07, 6.45) is 0. The molecule has 12 aromatic rings. The summed E-state index contributed by atoms with van der Waals surface area (Å²) in [4.78, 5) is 2.38. The maximum atomic E-state index is 7.18. The van der Waals surface area contributed by atoms with Gasteiger partial charge in [-0.3, -0.25) is 0 Å². The molecular weight excluding hydrogens is 823 g/mol. The van der Waals surface area contributed by atoms with Crippen LogP contribution in [-0.4, -0.2) is 0 Å². The largest absolute Gasteiger partial charge is 0.455 e. The molecule has 0 atom stereocenters. The van der Waals surface area contributed by atoms with Gasteiger partial charge in [0.2, 0.25) is 0 Å². The Kier molecular flexibility index (Phi) is 9.67. The molecule has 0 N–H and O–H groups in total. The number of hydrogen-bond acceptors (Lipinski definition) is 2. The minimum absolute atomic E-state index is 0.123. The minimum atomic E-state index is 0.123. The number of para-hydroxylation sites is 1. The van der Waals surface area contributed by atoms with E-state index in [1.54, 1.807) is 0 Å². The molecule has 0 spiro atoms. The van der Waals surface area contributed by atoms with Gasteiger partial charge in [-0.25, -0.2) is 0 Å². The molecule has 2 heteroatoms. The molecule has 68 heavy (non-hydrogen) atoms. The van der Waals surface area contributed by atoms with Crippen molar-refractivity contribution in [3.8, 4) is 44.5 Å². The molecule has 0 aliphatic heterocycles. The second kappa shape index (κ2) is 15.9. The zero-order valence-corrected chi connectivity index (χ0v) is 39.8. The van der Waals surface area contributed by atoms with Crippen LogP contribution in [0.25, 0.3) is 98.8 Å². The van der Waals surface area contributed by atoms with E-state index >= 15 is 0 Å². The van der Waals surface area contributed by atoms with Crippen molar-refractivity contribution in [2.75, 3.05) is 4.90 Å². The van der Waals surface area contributed by atoms with Crippen LogP contribution in [0.4, 0.5) is 17.1 Å². The lowest BCUT2D eigenvalue weighted by atomic mass is 9.86. The summed E-state index contributed by atoms with van der Waals surface area (Å²) in [5.74, 6) is 0. The quantitative estimate of drug-likeness (QED) is 0.148. The van der Waals surface area contributed by atoms with Crippen molar-refractivity contribution in [3.05, 3.63) is 222 Å². The molecule has 0 unspecified atom stereocenters. The summed E-state index contributed by atoms with van der Waals surface area (Å²) in [5.41, 5.74) is 21.1. The fourth-order valence-corrected chi connectivity index (χ4v) is 11.0. The zero-order chi connectivity index (χ0) is 46.4. The van der Waals surface area contributed by atoms with Crippen LogP contribution < -0.4 is 4.90 Å². The third-order valence-corrected chi connectivity index (χ3v) is 14.0. The molecule has 0 aliphatic carbocycles. The Balaban J connectivity index is 1.03. The first-order chi connectivity index (χ1) is 32.9. The van der Waals surface area contributed by atoms with E-state index in [1.807, 2.05) is 0 Å². The Morgan fingerprint density at radius 3 is 1.54 bits per heavy atom. The first-order valence-electron chi connectivity index (χ1n) is 23.9. The van der Waals surface area contributed by atoms with Crippen LogP contribution in [0, 0.1) is 27.7 Å². The molecule has 0 fully saturated rings. The summed E-state index contributed by atoms with van der Waals surface area (Å²) in [6.45, 7) is 15.5. The molecule has 11 aromatic carbocycles. The highest BCUT2D eigenvalue weighted by Gasteiger charge is 2.23. The molecular formula is C66H53NO. The fourth-order valence-electron chi connectivity index (χ4n) is 11.0. The summed E-state index contributed by atoms with van der Waals surface area (Å²) >= 11 is 0. The predicted molar refractivity (Wildman–Crippen MR) is 291 cm³/mol. The lowest BCUT2D eigenvalue weighted by molar-refractivity contribution is 0.590. The summed E-state index contributed by atoms with van der Waals surface area (Å²) in [6, 6.07) is 72.3. The van der Waals surface area contributed by atoms with Gasteiger partial charge in [0.05, 0.1) is 0 Å². The van der Waals surface area contributed by atoms with E-state index in [1.165, 1.54) is 99.3 Å². The molecule has 328 valence electrons. The van der Waals surface area contributed by atoms with Crippen molar-refractivity contribution in [1.82, 2.24) is 0 Å². The Bertz CT molecular complexity index is 3790. The number of benzene rings is 11. The van der Waals surface area contributed by atoms with E-state index in [-0.39, 0.29) is 5.41 Å². The van der Waals surface area contributed by atoms with Gasteiger partial charge in [-0.2, -0.15) is 0 Å². The Morgan fingerprint density at radius 1 is 0.353 bits per heavy atom. The average Bonchev–Trinajstić information content (AvgIpc) is 3.72. The highest BCUT2D eigenvalue weighted by atomic mass is 16.3. The fraction of sp³-hybridized carbons (Fsp3) is 0.121. The van der Waals surface area contributed by atoms with Crippen LogP contribution in [0.3, 0.4) is 0 Å². The van der Waals surface area contributed by atoms with Crippen LogP contribution in [0.2, 0.25) is 0 Å². The van der Waals surface area contributed by atoms with Crippen LogP contribution >= 0.6 is 0 Å².